The molecule has 2 atom stereocenters. The maximum Gasteiger partial charge on any atom is 0.114 e. The van der Waals surface area contributed by atoms with Crippen LogP contribution < -0.4 is 10.6 Å². The van der Waals surface area contributed by atoms with Crippen LogP contribution in [0.4, 0.5) is 4.39 Å². The van der Waals surface area contributed by atoms with E-state index >= 15 is 0 Å². The molecule has 54 valence electrons. The third kappa shape index (κ3) is 1.91. The van der Waals surface area contributed by atoms with Gasteiger partial charge >= 0.3 is 0 Å². The molecule has 1 heterocycles. The first-order valence-corrected chi connectivity index (χ1v) is 3.35. The number of hydrogen-bond donors (Lipinski definition) is 2. The van der Waals surface area contributed by atoms with Crippen molar-refractivity contribution in [2.45, 2.75) is 18.6 Å². The molecular weight excluding hydrogens is 119 g/mol. The van der Waals surface area contributed by atoms with Crippen LogP contribution in [0.2, 0.25) is 0 Å². The van der Waals surface area contributed by atoms with Crippen LogP contribution in [-0.4, -0.2) is 32.4 Å². The van der Waals surface area contributed by atoms with E-state index in [9.17, 15) is 4.39 Å². The molecule has 0 aromatic heterocycles. The molecule has 1 aliphatic heterocycles. The topological polar surface area (TPSA) is 24.1 Å². The van der Waals surface area contributed by atoms with Gasteiger partial charge in [0.15, 0.2) is 0 Å². The zero-order valence-corrected chi connectivity index (χ0v) is 5.65. The van der Waals surface area contributed by atoms with Gasteiger partial charge in [-0.3, -0.25) is 0 Å². The Kier molecular flexibility index (Phi) is 2.42. The van der Waals surface area contributed by atoms with E-state index in [1.165, 1.54) is 0 Å². The van der Waals surface area contributed by atoms with Gasteiger partial charge in [-0.2, -0.15) is 0 Å². The third-order valence-electron chi connectivity index (χ3n) is 1.71. The highest BCUT2D eigenvalue weighted by molar-refractivity contribution is 4.79. The van der Waals surface area contributed by atoms with Crippen molar-refractivity contribution in [3.63, 3.8) is 0 Å². The molecule has 0 bridgehead atoms. The average Bonchev–Trinajstić information content (AvgIpc) is 1.88. The highest BCUT2D eigenvalue weighted by Gasteiger charge is 2.18. The average molecular weight is 132 g/mol. The van der Waals surface area contributed by atoms with Crippen LogP contribution in [0.25, 0.3) is 0 Å². The molecule has 0 aromatic rings. The molecule has 0 aromatic carbocycles. The molecule has 0 aliphatic carbocycles. The molecule has 1 aliphatic rings. The monoisotopic (exact) mass is 132 g/mol. The largest absolute Gasteiger partial charge is 0.316 e. The molecule has 2 N–H and O–H groups in total. The molecule has 0 spiro atoms. The number of hydrogen-bond acceptors (Lipinski definition) is 2. The molecular formula is C6H13FN2. The summed E-state index contributed by atoms with van der Waals surface area (Å²) in [7, 11) is 1.87. The molecule has 0 amide bonds. The van der Waals surface area contributed by atoms with E-state index in [2.05, 4.69) is 10.6 Å². The van der Waals surface area contributed by atoms with Gasteiger partial charge in [0, 0.05) is 19.1 Å². The van der Waals surface area contributed by atoms with Gasteiger partial charge in [0.2, 0.25) is 0 Å². The lowest BCUT2D eigenvalue weighted by atomic mass is 10.1. The van der Waals surface area contributed by atoms with Crippen LogP contribution in [0.3, 0.4) is 0 Å². The molecule has 3 heteroatoms. The van der Waals surface area contributed by atoms with Crippen LogP contribution in [0, 0.1) is 0 Å². The van der Waals surface area contributed by atoms with Crippen molar-refractivity contribution in [3.8, 4) is 0 Å². The summed E-state index contributed by atoms with van der Waals surface area (Å²) >= 11 is 0. The summed E-state index contributed by atoms with van der Waals surface area (Å²) in [6, 6.07) is 0.328. The van der Waals surface area contributed by atoms with Crippen molar-refractivity contribution in [1.82, 2.24) is 10.6 Å². The van der Waals surface area contributed by atoms with Gasteiger partial charge in [0.05, 0.1) is 0 Å². The fourth-order valence-electron chi connectivity index (χ4n) is 1.11. The Hall–Kier alpha value is -0.150. The zero-order valence-electron chi connectivity index (χ0n) is 5.65. The fraction of sp³-hybridized carbons (Fsp3) is 1.00. The van der Waals surface area contributed by atoms with Crippen molar-refractivity contribution in [2.75, 3.05) is 20.1 Å². The smallest absolute Gasteiger partial charge is 0.114 e. The molecule has 0 radical (unpaired) electrons. The number of alkyl halides is 1. The lowest BCUT2D eigenvalue weighted by molar-refractivity contribution is 0.234. The van der Waals surface area contributed by atoms with Crippen LogP contribution in [-0.2, 0) is 0 Å². The lowest BCUT2D eigenvalue weighted by Gasteiger charge is -2.24. The number of halogens is 1. The molecule has 1 fully saturated rings. The van der Waals surface area contributed by atoms with Gasteiger partial charge in [-0.15, -0.1) is 0 Å². The molecule has 2 unspecified atom stereocenters. The summed E-state index contributed by atoms with van der Waals surface area (Å²) in [6.45, 7) is 1.43. The van der Waals surface area contributed by atoms with Crippen LogP contribution in [0.15, 0.2) is 0 Å². The maximum atomic E-state index is 12.5. The lowest BCUT2D eigenvalue weighted by Crippen LogP contribution is -2.46. The van der Waals surface area contributed by atoms with Gasteiger partial charge in [-0.1, -0.05) is 0 Å². The molecule has 2 nitrogen and oxygen atoms in total. The van der Waals surface area contributed by atoms with Crippen LogP contribution in [0.5, 0.6) is 0 Å². The Balaban J connectivity index is 2.23. The fourth-order valence-corrected chi connectivity index (χ4v) is 1.11. The summed E-state index contributed by atoms with van der Waals surface area (Å²) in [5, 5.41) is 6.03. The number of piperidine rings is 1. The van der Waals surface area contributed by atoms with Crippen molar-refractivity contribution in [3.05, 3.63) is 0 Å². The second kappa shape index (κ2) is 3.13. The van der Waals surface area contributed by atoms with Gasteiger partial charge < -0.3 is 10.6 Å². The number of likely N-dealkylation sites (N-methyl/N-ethyl adjacent to an activating group) is 1. The summed E-state index contributed by atoms with van der Waals surface area (Å²) in [5.74, 6) is 0. The van der Waals surface area contributed by atoms with E-state index in [0.29, 0.717) is 19.0 Å². The molecule has 9 heavy (non-hydrogen) atoms. The predicted molar refractivity (Wildman–Crippen MR) is 35.2 cm³/mol. The number of nitrogens with one attached hydrogen (secondary N) is 2. The van der Waals surface area contributed by atoms with E-state index in [1.54, 1.807) is 0 Å². The maximum absolute atomic E-state index is 12.5. The van der Waals surface area contributed by atoms with Gasteiger partial charge in [-0.05, 0) is 13.5 Å². The number of rotatable bonds is 1. The van der Waals surface area contributed by atoms with Crippen LogP contribution >= 0.6 is 0 Å². The minimum Gasteiger partial charge on any atom is -0.316 e. The Labute approximate surface area is 54.8 Å². The highest BCUT2D eigenvalue weighted by atomic mass is 19.1. The molecule has 1 rings (SSSR count). The van der Waals surface area contributed by atoms with E-state index in [0.717, 1.165) is 6.54 Å². The Morgan fingerprint density at radius 1 is 1.56 bits per heavy atom. The summed E-state index contributed by atoms with van der Waals surface area (Å²) in [5.41, 5.74) is 0. The first-order chi connectivity index (χ1) is 4.33. The van der Waals surface area contributed by atoms with E-state index in [1.807, 2.05) is 7.05 Å². The quantitative estimate of drug-likeness (QED) is 0.521. The minimum atomic E-state index is -0.656. The Bertz CT molecular complexity index is 87.1. The van der Waals surface area contributed by atoms with Gasteiger partial charge in [-0.25, -0.2) is 4.39 Å². The zero-order chi connectivity index (χ0) is 6.69. The van der Waals surface area contributed by atoms with Gasteiger partial charge in [0.1, 0.15) is 6.17 Å². The second-order valence-electron chi connectivity index (χ2n) is 2.48. The van der Waals surface area contributed by atoms with Crippen LogP contribution in [0.1, 0.15) is 6.42 Å². The highest BCUT2D eigenvalue weighted by Crippen LogP contribution is 2.05. The van der Waals surface area contributed by atoms with Crippen molar-refractivity contribution in [1.29, 1.82) is 0 Å². The summed E-state index contributed by atoms with van der Waals surface area (Å²) < 4.78 is 12.5. The van der Waals surface area contributed by atoms with Crippen molar-refractivity contribution >= 4 is 0 Å². The summed E-state index contributed by atoms with van der Waals surface area (Å²) in [4.78, 5) is 0. The normalized spacial score (nSPS) is 36.7. The first-order valence-electron chi connectivity index (χ1n) is 3.35. The molecule has 1 saturated heterocycles. The van der Waals surface area contributed by atoms with E-state index in [-0.39, 0.29) is 0 Å². The van der Waals surface area contributed by atoms with Crippen molar-refractivity contribution < 1.29 is 4.39 Å². The standard InChI is InChI=1S/C6H13FN2/c1-8-6-2-5(7)3-9-4-6/h5-6,8-9H,2-4H2,1H3. The predicted octanol–water partition coefficient (Wildman–Crippen LogP) is -0.0942. The first kappa shape index (κ1) is 6.96. The SMILES string of the molecule is CNC1CNCC(F)C1. The third-order valence-corrected chi connectivity index (χ3v) is 1.71. The van der Waals surface area contributed by atoms with E-state index in [4.69, 9.17) is 0 Å². The minimum absolute atomic E-state index is 0.328. The second-order valence-corrected chi connectivity index (χ2v) is 2.48. The Morgan fingerprint density at radius 2 is 2.33 bits per heavy atom. The van der Waals surface area contributed by atoms with E-state index < -0.39 is 6.17 Å². The molecule has 0 saturated carbocycles. The van der Waals surface area contributed by atoms with Gasteiger partial charge in [0.25, 0.3) is 0 Å². The Morgan fingerprint density at radius 3 is 2.78 bits per heavy atom. The summed E-state index contributed by atoms with van der Waals surface area (Å²) in [6.07, 6.45) is -0.0000463. The van der Waals surface area contributed by atoms with Crippen molar-refractivity contribution in [2.24, 2.45) is 0 Å².